The van der Waals surface area contributed by atoms with Gasteiger partial charge in [0.1, 0.15) is 5.52 Å². The summed E-state index contributed by atoms with van der Waals surface area (Å²) in [6, 6.07) is 1.39. The molecule has 33 heavy (non-hydrogen) atoms. The first kappa shape index (κ1) is 21.7. The van der Waals surface area contributed by atoms with Gasteiger partial charge in [0.15, 0.2) is 5.78 Å². The zero-order valence-corrected chi connectivity index (χ0v) is 20.4. The molecule has 2 aromatic heterocycles. The summed E-state index contributed by atoms with van der Waals surface area (Å²) in [6.45, 7) is 7.79. The number of halogens is 1. The van der Waals surface area contributed by atoms with Crippen molar-refractivity contribution in [3.63, 3.8) is 0 Å². The van der Waals surface area contributed by atoms with Crippen LogP contribution in [-0.4, -0.2) is 20.5 Å². The lowest BCUT2D eigenvalue weighted by atomic mass is 9.44. The van der Waals surface area contributed by atoms with Gasteiger partial charge in [0, 0.05) is 23.6 Å². The number of carbonyl (C=O) groups excluding carboxylic acids is 1. The third-order valence-corrected chi connectivity index (χ3v) is 11.0. The van der Waals surface area contributed by atoms with Crippen molar-refractivity contribution >= 4 is 16.7 Å². The van der Waals surface area contributed by atoms with Crippen molar-refractivity contribution in [3.05, 3.63) is 24.4 Å². The van der Waals surface area contributed by atoms with Crippen LogP contribution in [0.15, 0.2) is 18.5 Å². The standard InChI is InChI=1S/C28H38FN3O/c1-17-8-10-27(2)19(12-17)4-5-20-21-6-7-23(28(21,3)11-9-22(20)27)25(33)16-32-15-18-13-26(29)30-14-24(18)31-32/h13-15,17,19-23H,4-12,16H2,1-3H3. The SMILES string of the molecule is CC1CCC2(C)C(CCC3C2CCC2(C)C(C(=O)Cn4cc5cc(F)ncc5n4)CCC32)C1. The Morgan fingerprint density at radius 2 is 1.88 bits per heavy atom. The Morgan fingerprint density at radius 3 is 2.73 bits per heavy atom. The Morgan fingerprint density at radius 1 is 1.09 bits per heavy atom. The van der Waals surface area contributed by atoms with Gasteiger partial charge in [0.2, 0.25) is 5.95 Å². The van der Waals surface area contributed by atoms with Crippen molar-refractivity contribution in [3.8, 4) is 0 Å². The van der Waals surface area contributed by atoms with Crippen molar-refractivity contribution in [2.45, 2.75) is 85.1 Å². The van der Waals surface area contributed by atoms with Crippen LogP contribution in [0.25, 0.3) is 10.9 Å². The zero-order valence-electron chi connectivity index (χ0n) is 20.4. The van der Waals surface area contributed by atoms with E-state index in [0.29, 0.717) is 28.0 Å². The highest BCUT2D eigenvalue weighted by molar-refractivity contribution is 5.83. The summed E-state index contributed by atoms with van der Waals surface area (Å²) < 4.78 is 15.2. The number of Topliss-reactive ketones (excluding diaryl/α,β-unsaturated/α-hetero) is 1. The van der Waals surface area contributed by atoms with Crippen LogP contribution in [0.5, 0.6) is 0 Å². The fourth-order valence-corrected chi connectivity index (χ4v) is 9.30. The highest BCUT2D eigenvalue weighted by atomic mass is 19.1. The van der Waals surface area contributed by atoms with E-state index in [4.69, 9.17) is 0 Å². The first-order valence-corrected chi connectivity index (χ1v) is 13.3. The Kier molecular flexibility index (Phi) is 5.01. The minimum absolute atomic E-state index is 0.127. The Labute approximate surface area is 196 Å². The molecule has 0 amide bonds. The van der Waals surface area contributed by atoms with Crippen LogP contribution in [0.3, 0.4) is 0 Å². The van der Waals surface area contributed by atoms with Gasteiger partial charge < -0.3 is 0 Å². The third-order valence-electron chi connectivity index (χ3n) is 11.0. The van der Waals surface area contributed by atoms with Crippen LogP contribution in [0, 0.1) is 52.3 Å². The lowest BCUT2D eigenvalue weighted by Gasteiger charge is -2.61. The maximum atomic E-state index is 13.6. The molecule has 0 aromatic carbocycles. The van der Waals surface area contributed by atoms with E-state index in [0.717, 1.165) is 30.1 Å². The normalized spacial score (nSPS) is 42.5. The number of fused-ring (bicyclic) bond motifs is 6. The van der Waals surface area contributed by atoms with Crippen molar-refractivity contribution in [1.82, 2.24) is 14.8 Å². The molecule has 0 bridgehead atoms. The molecule has 8 unspecified atom stereocenters. The van der Waals surface area contributed by atoms with Gasteiger partial charge in [-0.15, -0.1) is 0 Å². The zero-order chi connectivity index (χ0) is 23.0. The van der Waals surface area contributed by atoms with Gasteiger partial charge >= 0.3 is 0 Å². The number of ketones is 1. The lowest BCUT2D eigenvalue weighted by Crippen LogP contribution is -2.53. The summed E-state index contributed by atoms with van der Waals surface area (Å²) in [5.41, 5.74) is 1.30. The van der Waals surface area contributed by atoms with Crippen LogP contribution < -0.4 is 0 Å². The second-order valence-corrected chi connectivity index (χ2v) is 12.6. The predicted molar refractivity (Wildman–Crippen MR) is 127 cm³/mol. The molecular formula is C28H38FN3O. The molecule has 178 valence electrons. The molecular weight excluding hydrogens is 413 g/mol. The summed E-state index contributed by atoms with van der Waals surface area (Å²) in [5, 5.41) is 5.19. The van der Waals surface area contributed by atoms with Gasteiger partial charge in [-0.05, 0) is 91.8 Å². The number of hydrogen-bond donors (Lipinski definition) is 0. The molecule has 0 aliphatic heterocycles. The van der Waals surface area contributed by atoms with Crippen LogP contribution in [0.2, 0.25) is 0 Å². The summed E-state index contributed by atoms with van der Waals surface area (Å²) in [4.78, 5) is 17.2. The van der Waals surface area contributed by atoms with Gasteiger partial charge in [0.25, 0.3) is 0 Å². The fourth-order valence-electron chi connectivity index (χ4n) is 9.30. The summed E-state index contributed by atoms with van der Waals surface area (Å²) in [6.07, 6.45) is 15.0. The molecule has 4 aliphatic carbocycles. The van der Waals surface area contributed by atoms with Crippen molar-refractivity contribution in [1.29, 1.82) is 0 Å². The monoisotopic (exact) mass is 451 g/mol. The van der Waals surface area contributed by atoms with E-state index < -0.39 is 5.95 Å². The van der Waals surface area contributed by atoms with E-state index in [1.54, 1.807) is 10.9 Å². The van der Waals surface area contributed by atoms with Gasteiger partial charge in [-0.1, -0.05) is 27.2 Å². The molecule has 0 spiro atoms. The quantitative estimate of drug-likeness (QED) is 0.505. The average Bonchev–Trinajstić information content (AvgIpc) is 3.33. The van der Waals surface area contributed by atoms with Crippen LogP contribution in [-0.2, 0) is 11.3 Å². The molecule has 6 rings (SSSR count). The topological polar surface area (TPSA) is 47.8 Å². The number of carbonyl (C=O) groups is 1. The Hall–Kier alpha value is -1.78. The van der Waals surface area contributed by atoms with E-state index in [-0.39, 0.29) is 17.9 Å². The van der Waals surface area contributed by atoms with Gasteiger partial charge in [-0.2, -0.15) is 9.49 Å². The van der Waals surface area contributed by atoms with E-state index in [9.17, 15) is 9.18 Å². The number of nitrogens with zero attached hydrogens (tertiary/aromatic N) is 3. The number of pyridine rings is 1. The van der Waals surface area contributed by atoms with Gasteiger partial charge in [-0.25, -0.2) is 4.98 Å². The molecule has 4 nitrogen and oxygen atoms in total. The molecule has 4 fully saturated rings. The summed E-state index contributed by atoms with van der Waals surface area (Å²) in [5.74, 6) is 4.09. The van der Waals surface area contributed by atoms with E-state index >= 15 is 0 Å². The molecule has 4 aliphatic rings. The summed E-state index contributed by atoms with van der Waals surface area (Å²) in [7, 11) is 0. The molecule has 0 radical (unpaired) electrons. The molecule has 0 N–H and O–H groups in total. The Balaban J connectivity index is 1.21. The second-order valence-electron chi connectivity index (χ2n) is 12.6. The predicted octanol–water partition coefficient (Wildman–Crippen LogP) is 6.43. The minimum Gasteiger partial charge on any atom is -0.297 e. The van der Waals surface area contributed by atoms with Crippen molar-refractivity contribution in [2.75, 3.05) is 0 Å². The largest absolute Gasteiger partial charge is 0.297 e. The Bertz CT molecular complexity index is 1080. The van der Waals surface area contributed by atoms with Crippen molar-refractivity contribution in [2.24, 2.45) is 46.3 Å². The van der Waals surface area contributed by atoms with Crippen LogP contribution in [0.1, 0.15) is 78.6 Å². The molecule has 8 atom stereocenters. The smallest absolute Gasteiger partial charge is 0.213 e. The van der Waals surface area contributed by atoms with Gasteiger partial charge in [-0.3, -0.25) is 9.48 Å². The third kappa shape index (κ3) is 3.31. The molecule has 2 aromatic rings. The highest BCUT2D eigenvalue weighted by Gasteiger charge is 2.60. The maximum absolute atomic E-state index is 13.6. The van der Waals surface area contributed by atoms with E-state index in [1.807, 2.05) is 0 Å². The fraction of sp³-hybridized carbons (Fsp3) is 0.750. The van der Waals surface area contributed by atoms with E-state index in [2.05, 4.69) is 30.9 Å². The minimum atomic E-state index is -0.507. The van der Waals surface area contributed by atoms with Crippen LogP contribution in [0.4, 0.5) is 4.39 Å². The summed E-state index contributed by atoms with van der Waals surface area (Å²) >= 11 is 0. The first-order chi connectivity index (χ1) is 15.8. The highest BCUT2D eigenvalue weighted by Crippen LogP contribution is 2.67. The molecule has 0 saturated heterocycles. The number of rotatable bonds is 3. The average molecular weight is 452 g/mol. The molecule has 4 saturated carbocycles. The second kappa shape index (κ2) is 7.61. The van der Waals surface area contributed by atoms with E-state index in [1.165, 1.54) is 63.6 Å². The van der Waals surface area contributed by atoms with Crippen molar-refractivity contribution < 1.29 is 9.18 Å². The number of hydrogen-bond acceptors (Lipinski definition) is 3. The molecule has 2 heterocycles. The number of aromatic nitrogens is 3. The first-order valence-electron chi connectivity index (χ1n) is 13.3. The van der Waals surface area contributed by atoms with Crippen LogP contribution >= 0.6 is 0 Å². The maximum Gasteiger partial charge on any atom is 0.213 e. The molecule has 5 heteroatoms. The lowest BCUT2D eigenvalue weighted by molar-refractivity contribution is -0.137. The van der Waals surface area contributed by atoms with Gasteiger partial charge in [0.05, 0.1) is 12.7 Å².